The average molecular weight is 694 g/mol. The Balaban J connectivity index is 1.12. The molecule has 0 spiro atoms. The van der Waals surface area contributed by atoms with Crippen molar-refractivity contribution in [1.82, 2.24) is 36.3 Å². The Morgan fingerprint density at radius 1 is 0.756 bits per heavy atom. The number of nitrogens with one attached hydrogen (secondary N) is 3. The van der Waals surface area contributed by atoms with Crippen LogP contribution in [0, 0.1) is 0 Å². The normalized spacial score (nSPS) is 10.7. The Kier molecular flexibility index (Phi) is 15.0. The van der Waals surface area contributed by atoms with E-state index < -0.39 is 0 Å². The van der Waals surface area contributed by atoms with Crippen molar-refractivity contribution in [3.63, 3.8) is 0 Å². The van der Waals surface area contributed by atoms with Gasteiger partial charge >= 0.3 is 0 Å². The lowest BCUT2D eigenvalue weighted by Gasteiger charge is -2.09. The monoisotopic (exact) mass is 693 g/mol. The van der Waals surface area contributed by atoms with E-state index in [0.717, 1.165) is 16.0 Å². The topological polar surface area (TPSA) is 157 Å². The Hall–Kier alpha value is -3.21. The second kappa shape index (κ2) is 19.0. The lowest BCUT2D eigenvalue weighted by molar-refractivity contribution is -0.122. The van der Waals surface area contributed by atoms with Gasteiger partial charge in [0.2, 0.25) is 17.6 Å². The van der Waals surface area contributed by atoms with Crippen LogP contribution in [0.3, 0.4) is 0 Å². The summed E-state index contributed by atoms with van der Waals surface area (Å²) in [4.78, 5) is 37.2. The number of hydrogen-bond acceptors (Lipinski definition) is 10. The molecule has 0 aliphatic rings. The van der Waals surface area contributed by atoms with Gasteiger partial charge in [-0.1, -0.05) is 33.2 Å². The van der Waals surface area contributed by atoms with E-state index in [9.17, 15) is 14.4 Å². The number of halogens is 1. The number of carbonyl (C=O) groups is 3. The fraction of sp³-hybridized carbons (Fsp3) is 0.370. The highest BCUT2D eigenvalue weighted by Gasteiger charge is 2.07. The summed E-state index contributed by atoms with van der Waals surface area (Å²) in [5.41, 5.74) is 2.33. The lowest BCUT2D eigenvalue weighted by atomic mass is 10.1. The smallest absolute Gasteiger partial charge is 0.251 e. The van der Waals surface area contributed by atoms with E-state index in [1.807, 2.05) is 36.4 Å². The quantitative estimate of drug-likeness (QED) is 0.134. The molecule has 2 aromatic carbocycles. The first kappa shape index (κ1) is 32.3. The van der Waals surface area contributed by atoms with Crippen LogP contribution in [0.25, 0.3) is 11.4 Å². The molecule has 3 rings (SSSR count). The summed E-state index contributed by atoms with van der Waals surface area (Å²) >= 11 is 2.20. The van der Waals surface area contributed by atoms with E-state index in [-0.39, 0.29) is 30.6 Å². The SMILES string of the molecule is O=C(CCCC(=O)NCc1ccc(-c2nncnn2)cc1)NCCOCCOCCNC(=O)c1ccc(SI)cc1. The van der Waals surface area contributed by atoms with Gasteiger partial charge in [-0.2, -0.15) is 0 Å². The molecule has 0 unspecified atom stereocenters. The lowest BCUT2D eigenvalue weighted by Crippen LogP contribution is -2.29. The molecule has 0 fully saturated rings. The van der Waals surface area contributed by atoms with Gasteiger partial charge in [0.05, 0.1) is 26.4 Å². The van der Waals surface area contributed by atoms with E-state index in [4.69, 9.17) is 9.47 Å². The molecule has 0 bridgehead atoms. The highest BCUT2D eigenvalue weighted by molar-refractivity contribution is 14.2. The molecule has 0 saturated heterocycles. The van der Waals surface area contributed by atoms with E-state index in [1.54, 1.807) is 21.1 Å². The van der Waals surface area contributed by atoms with Crippen molar-refractivity contribution in [3.8, 4) is 11.4 Å². The van der Waals surface area contributed by atoms with Gasteiger partial charge in [-0.3, -0.25) is 14.4 Å². The third-order valence-electron chi connectivity index (χ3n) is 5.60. The van der Waals surface area contributed by atoms with Crippen molar-refractivity contribution >= 4 is 47.9 Å². The highest BCUT2D eigenvalue weighted by Crippen LogP contribution is 2.24. The van der Waals surface area contributed by atoms with Crippen molar-refractivity contribution in [2.45, 2.75) is 30.7 Å². The fourth-order valence-corrected chi connectivity index (χ4v) is 4.58. The molecular formula is C27H32IN7O5S. The number of nitrogens with zero attached hydrogens (tertiary/aromatic N) is 4. The minimum Gasteiger partial charge on any atom is -0.377 e. The number of aromatic nitrogens is 4. The maximum Gasteiger partial charge on any atom is 0.251 e. The zero-order valence-electron chi connectivity index (χ0n) is 22.4. The van der Waals surface area contributed by atoms with Crippen molar-refractivity contribution in [3.05, 3.63) is 66.0 Å². The van der Waals surface area contributed by atoms with Gasteiger partial charge in [-0.15, -0.1) is 20.4 Å². The van der Waals surface area contributed by atoms with Crippen molar-refractivity contribution in [1.29, 1.82) is 0 Å². The summed E-state index contributed by atoms with van der Waals surface area (Å²) in [5, 5.41) is 23.7. The molecular weight excluding hydrogens is 661 g/mol. The fourth-order valence-electron chi connectivity index (χ4n) is 3.46. The number of hydrogen-bond donors (Lipinski definition) is 3. The van der Waals surface area contributed by atoms with Crippen LogP contribution in [0.1, 0.15) is 35.2 Å². The van der Waals surface area contributed by atoms with E-state index in [1.165, 1.54) is 6.33 Å². The molecule has 41 heavy (non-hydrogen) atoms. The minimum atomic E-state index is -0.135. The number of amides is 3. The molecule has 3 amide bonds. The predicted molar refractivity (Wildman–Crippen MR) is 162 cm³/mol. The Morgan fingerprint density at radius 2 is 1.37 bits per heavy atom. The summed E-state index contributed by atoms with van der Waals surface area (Å²) in [6, 6.07) is 14.8. The van der Waals surface area contributed by atoms with Gasteiger partial charge < -0.3 is 25.4 Å². The Morgan fingerprint density at radius 3 is 2.00 bits per heavy atom. The molecule has 0 radical (unpaired) electrons. The molecule has 0 aliphatic heterocycles. The number of ether oxygens (including phenoxy) is 2. The number of rotatable bonds is 18. The van der Waals surface area contributed by atoms with E-state index in [2.05, 4.69) is 57.6 Å². The zero-order valence-corrected chi connectivity index (χ0v) is 25.4. The summed E-state index contributed by atoms with van der Waals surface area (Å²) in [5.74, 6) is 0.0571. The van der Waals surface area contributed by atoms with Crippen LogP contribution in [-0.2, 0) is 25.6 Å². The van der Waals surface area contributed by atoms with Gasteiger partial charge in [0.25, 0.3) is 5.91 Å². The minimum absolute atomic E-state index is 0.117. The summed E-state index contributed by atoms with van der Waals surface area (Å²) in [6.45, 7) is 2.69. The van der Waals surface area contributed by atoms with Crippen LogP contribution in [-0.4, -0.2) is 77.6 Å². The third kappa shape index (κ3) is 12.9. The molecule has 14 heteroatoms. The molecule has 0 saturated carbocycles. The molecule has 218 valence electrons. The molecule has 0 aliphatic carbocycles. The molecule has 3 N–H and O–H groups in total. The van der Waals surface area contributed by atoms with Gasteiger partial charge in [0.15, 0.2) is 6.33 Å². The molecule has 1 aromatic heterocycles. The first-order valence-corrected chi connectivity index (χ1v) is 16.4. The van der Waals surface area contributed by atoms with Gasteiger partial charge in [-0.05, 0) is 36.2 Å². The Labute approximate surface area is 254 Å². The van der Waals surface area contributed by atoms with Crippen molar-refractivity contribution in [2.24, 2.45) is 0 Å². The molecule has 3 aromatic rings. The summed E-state index contributed by atoms with van der Waals surface area (Å²) in [7, 11) is 1.60. The summed E-state index contributed by atoms with van der Waals surface area (Å²) < 4.78 is 10.9. The van der Waals surface area contributed by atoms with Gasteiger partial charge in [-0.25, -0.2) is 0 Å². The Bertz CT molecular complexity index is 1220. The number of benzene rings is 2. The maximum absolute atomic E-state index is 12.1. The maximum atomic E-state index is 12.1. The van der Waals surface area contributed by atoms with Gasteiger partial charge in [0, 0.05) is 69.7 Å². The van der Waals surface area contributed by atoms with Crippen LogP contribution < -0.4 is 16.0 Å². The summed E-state index contributed by atoms with van der Waals surface area (Å²) in [6.07, 6.45) is 2.25. The second-order valence-electron chi connectivity index (χ2n) is 8.63. The van der Waals surface area contributed by atoms with Crippen molar-refractivity contribution < 1.29 is 23.9 Å². The zero-order chi connectivity index (χ0) is 29.1. The first-order chi connectivity index (χ1) is 20.0. The van der Waals surface area contributed by atoms with Crippen molar-refractivity contribution in [2.75, 3.05) is 39.5 Å². The van der Waals surface area contributed by atoms with Crippen LogP contribution >= 0.6 is 30.1 Å². The van der Waals surface area contributed by atoms with Gasteiger partial charge in [0.1, 0.15) is 0 Å². The molecule has 1 heterocycles. The first-order valence-electron chi connectivity index (χ1n) is 13.0. The molecule has 12 nitrogen and oxygen atoms in total. The van der Waals surface area contributed by atoms with E-state index in [0.29, 0.717) is 63.9 Å². The number of carbonyl (C=O) groups excluding carboxylic acids is 3. The van der Waals surface area contributed by atoms with Crippen LogP contribution in [0.15, 0.2) is 59.8 Å². The van der Waals surface area contributed by atoms with Crippen LogP contribution in [0.5, 0.6) is 0 Å². The predicted octanol–water partition coefficient (Wildman–Crippen LogP) is 2.74. The van der Waals surface area contributed by atoms with E-state index >= 15 is 0 Å². The second-order valence-corrected chi connectivity index (χ2v) is 10.6. The average Bonchev–Trinajstić information content (AvgIpc) is 3.01. The van der Waals surface area contributed by atoms with Crippen LogP contribution in [0.4, 0.5) is 0 Å². The molecule has 0 atom stereocenters. The third-order valence-corrected chi connectivity index (χ3v) is 7.57. The van der Waals surface area contributed by atoms with Crippen LogP contribution in [0.2, 0.25) is 0 Å². The standard InChI is InChI=1S/C27H32IN7O5S/c28-41-23-10-8-22(9-11-23)27(38)30-13-15-40-17-16-39-14-12-29-24(36)2-1-3-25(37)31-18-20-4-6-21(7-5-20)26-34-32-19-33-35-26/h4-11,19H,1-3,12-18H2,(H,29,36)(H,30,38)(H,31,37). The largest absolute Gasteiger partial charge is 0.377 e. The highest BCUT2D eigenvalue weighted by atomic mass is 127.